The van der Waals surface area contributed by atoms with Gasteiger partial charge in [-0.15, -0.1) is 12.4 Å². The van der Waals surface area contributed by atoms with Gasteiger partial charge in [0.1, 0.15) is 0 Å². The van der Waals surface area contributed by atoms with Gasteiger partial charge in [-0.3, -0.25) is 4.90 Å². The van der Waals surface area contributed by atoms with E-state index in [0.717, 1.165) is 12.5 Å². The van der Waals surface area contributed by atoms with Crippen molar-refractivity contribution in [2.45, 2.75) is 32.7 Å². The first-order valence-electron chi connectivity index (χ1n) is 7.31. The van der Waals surface area contributed by atoms with E-state index in [2.05, 4.69) is 54.4 Å². The van der Waals surface area contributed by atoms with Gasteiger partial charge in [0.15, 0.2) is 0 Å². The van der Waals surface area contributed by atoms with E-state index in [1.54, 1.807) is 0 Å². The Labute approximate surface area is 124 Å². The second-order valence-electron chi connectivity index (χ2n) is 5.37. The molecule has 0 radical (unpaired) electrons. The van der Waals surface area contributed by atoms with E-state index in [1.807, 2.05) is 0 Å². The summed E-state index contributed by atoms with van der Waals surface area (Å²) in [4.78, 5) is 2.62. The first-order chi connectivity index (χ1) is 8.81. The molecule has 0 aliphatic carbocycles. The minimum absolute atomic E-state index is 0. The van der Waals surface area contributed by atoms with Crippen molar-refractivity contribution in [2.75, 3.05) is 26.2 Å². The summed E-state index contributed by atoms with van der Waals surface area (Å²) < 4.78 is 0. The Balaban J connectivity index is 0.00000180. The molecule has 1 aliphatic heterocycles. The standard InChI is InChI=1S/C16H26N2.ClH/c1-3-17-13-15-9-11-18(12-10-15)14(2)16-7-5-4-6-8-16;/h4-8,14-15,17H,3,9-13H2,1-2H3;1H. The van der Waals surface area contributed by atoms with E-state index in [-0.39, 0.29) is 12.4 Å². The highest BCUT2D eigenvalue weighted by molar-refractivity contribution is 5.85. The molecule has 0 amide bonds. The lowest BCUT2D eigenvalue weighted by molar-refractivity contribution is 0.140. The summed E-state index contributed by atoms with van der Waals surface area (Å²) in [5.41, 5.74) is 1.45. The van der Waals surface area contributed by atoms with Gasteiger partial charge >= 0.3 is 0 Å². The smallest absolute Gasteiger partial charge is 0.0319 e. The van der Waals surface area contributed by atoms with E-state index in [0.29, 0.717) is 6.04 Å². The average Bonchev–Trinajstić information content (AvgIpc) is 2.46. The van der Waals surface area contributed by atoms with Crippen LogP contribution in [0.15, 0.2) is 30.3 Å². The largest absolute Gasteiger partial charge is 0.317 e. The molecule has 2 rings (SSSR count). The summed E-state index contributed by atoms with van der Waals surface area (Å²) in [6.07, 6.45) is 2.67. The van der Waals surface area contributed by atoms with Crippen LogP contribution >= 0.6 is 12.4 Å². The third-order valence-corrected chi connectivity index (χ3v) is 4.16. The number of rotatable bonds is 5. The Morgan fingerprint density at radius 3 is 2.42 bits per heavy atom. The lowest BCUT2D eigenvalue weighted by Gasteiger charge is -2.36. The number of hydrogen-bond acceptors (Lipinski definition) is 2. The molecule has 3 heteroatoms. The molecular weight excluding hydrogens is 256 g/mol. The zero-order valence-corrected chi connectivity index (χ0v) is 13.0. The van der Waals surface area contributed by atoms with Crippen LogP contribution in [-0.2, 0) is 0 Å². The Hall–Kier alpha value is -0.570. The van der Waals surface area contributed by atoms with Crippen molar-refractivity contribution in [1.82, 2.24) is 10.2 Å². The van der Waals surface area contributed by atoms with Gasteiger partial charge < -0.3 is 5.32 Å². The molecular formula is C16H27ClN2. The van der Waals surface area contributed by atoms with Crippen molar-refractivity contribution in [2.24, 2.45) is 5.92 Å². The van der Waals surface area contributed by atoms with Gasteiger partial charge in [0, 0.05) is 6.04 Å². The highest BCUT2D eigenvalue weighted by Crippen LogP contribution is 2.26. The first kappa shape index (κ1) is 16.5. The van der Waals surface area contributed by atoms with Crippen molar-refractivity contribution in [1.29, 1.82) is 0 Å². The molecule has 0 spiro atoms. The number of piperidine rings is 1. The van der Waals surface area contributed by atoms with E-state index in [1.165, 1.54) is 38.0 Å². The minimum atomic E-state index is 0. The van der Waals surface area contributed by atoms with Gasteiger partial charge in [0.2, 0.25) is 0 Å². The van der Waals surface area contributed by atoms with Gasteiger partial charge in [-0.1, -0.05) is 37.3 Å². The molecule has 1 aromatic rings. The summed E-state index contributed by atoms with van der Waals surface area (Å²) >= 11 is 0. The first-order valence-corrected chi connectivity index (χ1v) is 7.31. The van der Waals surface area contributed by atoms with Gasteiger partial charge in [-0.25, -0.2) is 0 Å². The molecule has 0 saturated carbocycles. The lowest BCUT2D eigenvalue weighted by atomic mass is 9.94. The maximum Gasteiger partial charge on any atom is 0.0319 e. The maximum absolute atomic E-state index is 3.48. The fourth-order valence-corrected chi connectivity index (χ4v) is 2.84. The zero-order chi connectivity index (χ0) is 12.8. The second kappa shape index (κ2) is 8.57. The maximum atomic E-state index is 3.48. The van der Waals surface area contributed by atoms with E-state index >= 15 is 0 Å². The van der Waals surface area contributed by atoms with Crippen LogP contribution in [0.4, 0.5) is 0 Å². The number of nitrogens with zero attached hydrogens (tertiary/aromatic N) is 1. The highest BCUT2D eigenvalue weighted by Gasteiger charge is 2.22. The van der Waals surface area contributed by atoms with Crippen molar-refractivity contribution in [3.63, 3.8) is 0 Å². The third kappa shape index (κ3) is 4.79. The van der Waals surface area contributed by atoms with E-state index in [4.69, 9.17) is 0 Å². The molecule has 1 unspecified atom stereocenters. The monoisotopic (exact) mass is 282 g/mol. The summed E-state index contributed by atoms with van der Waals surface area (Å²) in [5.74, 6) is 0.879. The number of benzene rings is 1. The molecule has 1 N–H and O–H groups in total. The van der Waals surface area contributed by atoms with Crippen LogP contribution < -0.4 is 5.32 Å². The topological polar surface area (TPSA) is 15.3 Å². The predicted octanol–water partition coefficient (Wildman–Crippen LogP) is 3.49. The summed E-state index contributed by atoms with van der Waals surface area (Å²) in [6, 6.07) is 11.4. The van der Waals surface area contributed by atoms with E-state index < -0.39 is 0 Å². The molecule has 19 heavy (non-hydrogen) atoms. The number of nitrogens with one attached hydrogen (secondary N) is 1. The van der Waals surface area contributed by atoms with Crippen LogP contribution in [0.2, 0.25) is 0 Å². The zero-order valence-electron chi connectivity index (χ0n) is 12.1. The van der Waals surface area contributed by atoms with Crippen LogP contribution in [0.3, 0.4) is 0 Å². The number of likely N-dealkylation sites (tertiary alicyclic amines) is 1. The fraction of sp³-hybridized carbons (Fsp3) is 0.625. The SMILES string of the molecule is CCNCC1CCN(C(C)c2ccccc2)CC1.Cl. The quantitative estimate of drug-likeness (QED) is 0.889. The molecule has 1 atom stereocenters. The lowest BCUT2D eigenvalue weighted by Crippen LogP contribution is -2.38. The number of hydrogen-bond donors (Lipinski definition) is 1. The summed E-state index contributed by atoms with van der Waals surface area (Å²) in [5, 5.41) is 3.48. The second-order valence-corrected chi connectivity index (χ2v) is 5.37. The van der Waals surface area contributed by atoms with Crippen LogP contribution in [0.1, 0.15) is 38.3 Å². The Morgan fingerprint density at radius 1 is 1.21 bits per heavy atom. The predicted molar refractivity (Wildman–Crippen MR) is 84.9 cm³/mol. The normalized spacial score (nSPS) is 18.8. The Morgan fingerprint density at radius 2 is 1.84 bits per heavy atom. The molecule has 1 saturated heterocycles. The molecule has 1 aliphatic rings. The van der Waals surface area contributed by atoms with Gasteiger partial charge in [-0.05, 0) is 57.4 Å². The molecule has 2 nitrogen and oxygen atoms in total. The van der Waals surface area contributed by atoms with Gasteiger partial charge in [0.25, 0.3) is 0 Å². The van der Waals surface area contributed by atoms with Crippen LogP contribution in [0, 0.1) is 5.92 Å². The van der Waals surface area contributed by atoms with Crippen molar-refractivity contribution >= 4 is 12.4 Å². The van der Waals surface area contributed by atoms with Crippen LogP contribution in [0.25, 0.3) is 0 Å². The van der Waals surface area contributed by atoms with Gasteiger partial charge in [0.05, 0.1) is 0 Å². The molecule has 1 fully saturated rings. The average molecular weight is 283 g/mol. The summed E-state index contributed by atoms with van der Waals surface area (Å²) in [6.45, 7) is 9.30. The Kier molecular flexibility index (Phi) is 7.44. The summed E-state index contributed by atoms with van der Waals surface area (Å²) in [7, 11) is 0. The third-order valence-electron chi connectivity index (χ3n) is 4.16. The van der Waals surface area contributed by atoms with Crippen molar-refractivity contribution < 1.29 is 0 Å². The Bertz CT molecular complexity index is 334. The fourth-order valence-electron chi connectivity index (χ4n) is 2.84. The number of halogens is 1. The molecule has 1 aromatic carbocycles. The molecule has 0 aromatic heterocycles. The van der Waals surface area contributed by atoms with Crippen molar-refractivity contribution in [3.05, 3.63) is 35.9 Å². The molecule has 108 valence electrons. The minimum Gasteiger partial charge on any atom is -0.317 e. The van der Waals surface area contributed by atoms with Crippen molar-refractivity contribution in [3.8, 4) is 0 Å². The van der Waals surface area contributed by atoms with Gasteiger partial charge in [-0.2, -0.15) is 0 Å². The van der Waals surface area contributed by atoms with Crippen LogP contribution in [0.5, 0.6) is 0 Å². The van der Waals surface area contributed by atoms with Crippen LogP contribution in [-0.4, -0.2) is 31.1 Å². The molecule has 1 heterocycles. The highest BCUT2D eigenvalue weighted by atomic mass is 35.5. The van der Waals surface area contributed by atoms with E-state index in [9.17, 15) is 0 Å². The molecule has 0 bridgehead atoms.